The Kier molecular flexibility index (Phi) is 5.12. The van der Waals surface area contributed by atoms with E-state index in [0.717, 1.165) is 38.4 Å². The summed E-state index contributed by atoms with van der Waals surface area (Å²) in [5.74, 6) is 0.986. The van der Waals surface area contributed by atoms with Gasteiger partial charge < -0.3 is 9.47 Å². The van der Waals surface area contributed by atoms with E-state index in [-0.39, 0.29) is 17.3 Å². The Balaban J connectivity index is 1.68. The fourth-order valence-corrected chi connectivity index (χ4v) is 5.41. The van der Waals surface area contributed by atoms with Crippen LogP contribution in [0.5, 0.6) is 0 Å². The van der Waals surface area contributed by atoms with Crippen molar-refractivity contribution in [3.8, 4) is 0 Å². The fourth-order valence-electron chi connectivity index (χ4n) is 3.80. The number of rotatable bonds is 7. The third-order valence-corrected chi connectivity index (χ3v) is 7.27. The van der Waals surface area contributed by atoms with E-state index in [1.54, 1.807) is 4.31 Å². The van der Waals surface area contributed by atoms with E-state index in [1.165, 1.54) is 12.8 Å². The summed E-state index contributed by atoms with van der Waals surface area (Å²) >= 11 is 0. The average Bonchev–Trinajstić information content (AvgIpc) is 3.31. The minimum atomic E-state index is -3.13. The van der Waals surface area contributed by atoms with Crippen molar-refractivity contribution in [2.75, 3.05) is 38.7 Å². The van der Waals surface area contributed by atoms with E-state index in [4.69, 9.17) is 9.47 Å². The third kappa shape index (κ3) is 3.66. The number of nitrogens with zero attached hydrogens (tertiary/aromatic N) is 1. The Hall–Kier alpha value is -0.170. The zero-order chi connectivity index (χ0) is 15.6. The summed E-state index contributed by atoms with van der Waals surface area (Å²) in [6.07, 6.45) is 6.22. The van der Waals surface area contributed by atoms with Gasteiger partial charge in [-0.1, -0.05) is 6.92 Å². The zero-order valence-corrected chi connectivity index (χ0v) is 14.4. The van der Waals surface area contributed by atoms with E-state index < -0.39 is 10.0 Å². The van der Waals surface area contributed by atoms with Gasteiger partial charge in [0, 0.05) is 31.7 Å². The summed E-state index contributed by atoms with van der Waals surface area (Å²) in [5, 5.41) is 0. The van der Waals surface area contributed by atoms with Gasteiger partial charge in [-0.15, -0.1) is 0 Å². The first-order chi connectivity index (χ1) is 10.6. The lowest BCUT2D eigenvalue weighted by molar-refractivity contribution is -0.143. The molecule has 2 saturated heterocycles. The van der Waals surface area contributed by atoms with Gasteiger partial charge in [0.2, 0.25) is 10.0 Å². The largest absolute Gasteiger partial charge is 0.380 e. The highest BCUT2D eigenvalue weighted by Gasteiger charge is 2.48. The van der Waals surface area contributed by atoms with Crippen LogP contribution in [0.2, 0.25) is 0 Å². The first-order valence-electron chi connectivity index (χ1n) is 8.73. The predicted molar refractivity (Wildman–Crippen MR) is 85.2 cm³/mol. The molecule has 1 aliphatic carbocycles. The summed E-state index contributed by atoms with van der Waals surface area (Å²) in [4.78, 5) is 0. The molecule has 0 N–H and O–H groups in total. The van der Waals surface area contributed by atoms with E-state index in [1.807, 2.05) is 6.92 Å². The second kappa shape index (κ2) is 6.75. The number of ether oxygens (including phenoxy) is 2. The van der Waals surface area contributed by atoms with Crippen LogP contribution in [0.25, 0.3) is 0 Å². The van der Waals surface area contributed by atoms with Crippen molar-refractivity contribution in [1.29, 1.82) is 0 Å². The molecule has 128 valence electrons. The maximum absolute atomic E-state index is 12.4. The Morgan fingerprint density at radius 1 is 1.32 bits per heavy atom. The monoisotopic (exact) mass is 331 g/mol. The van der Waals surface area contributed by atoms with Crippen molar-refractivity contribution in [2.24, 2.45) is 11.3 Å². The highest BCUT2D eigenvalue weighted by molar-refractivity contribution is 7.89. The number of piperidine rings is 1. The molecule has 2 atom stereocenters. The molecule has 1 saturated carbocycles. The number of hydrogen-bond acceptors (Lipinski definition) is 4. The summed E-state index contributed by atoms with van der Waals surface area (Å²) in [6.45, 7) is 5.36. The quantitative estimate of drug-likeness (QED) is 0.716. The van der Waals surface area contributed by atoms with Gasteiger partial charge in [0.25, 0.3) is 0 Å². The lowest BCUT2D eigenvalue weighted by Gasteiger charge is -2.49. The summed E-state index contributed by atoms with van der Waals surface area (Å²) < 4.78 is 38.5. The number of sulfonamides is 1. The Morgan fingerprint density at radius 2 is 2.14 bits per heavy atom. The number of hydrogen-bond donors (Lipinski definition) is 0. The molecule has 3 rings (SSSR count). The van der Waals surface area contributed by atoms with Crippen LogP contribution in [-0.4, -0.2) is 57.5 Å². The molecule has 3 aliphatic rings. The highest BCUT2D eigenvalue weighted by Crippen LogP contribution is 2.41. The first kappa shape index (κ1) is 16.7. The highest BCUT2D eigenvalue weighted by atomic mass is 32.2. The maximum Gasteiger partial charge on any atom is 0.214 e. The molecule has 0 aromatic rings. The third-order valence-electron chi connectivity index (χ3n) is 5.25. The zero-order valence-electron chi connectivity index (χ0n) is 13.6. The molecule has 2 heterocycles. The molecule has 0 radical (unpaired) electrons. The Morgan fingerprint density at radius 3 is 2.86 bits per heavy atom. The van der Waals surface area contributed by atoms with Crippen LogP contribution in [0.15, 0.2) is 0 Å². The smallest absolute Gasteiger partial charge is 0.214 e. The topological polar surface area (TPSA) is 55.8 Å². The van der Waals surface area contributed by atoms with Gasteiger partial charge in [0.05, 0.1) is 18.5 Å². The van der Waals surface area contributed by atoms with E-state index in [9.17, 15) is 8.42 Å². The van der Waals surface area contributed by atoms with Crippen LogP contribution < -0.4 is 0 Å². The van der Waals surface area contributed by atoms with Crippen LogP contribution in [0.3, 0.4) is 0 Å². The van der Waals surface area contributed by atoms with Crippen molar-refractivity contribution < 1.29 is 17.9 Å². The van der Waals surface area contributed by atoms with Gasteiger partial charge in [-0.25, -0.2) is 12.7 Å². The molecule has 0 amide bonds. The molecule has 0 bridgehead atoms. The SMILES string of the molecule is CCCS(=O)(=O)N1CC[C@H]2OCCC[C@@]2(COCC2CC2)C1. The number of fused-ring (bicyclic) bond motifs is 1. The van der Waals surface area contributed by atoms with Crippen molar-refractivity contribution in [2.45, 2.75) is 51.6 Å². The van der Waals surface area contributed by atoms with Crippen LogP contribution in [0.1, 0.15) is 45.4 Å². The van der Waals surface area contributed by atoms with Crippen molar-refractivity contribution in [3.05, 3.63) is 0 Å². The molecular formula is C16H29NO4S. The summed E-state index contributed by atoms with van der Waals surface area (Å²) in [6, 6.07) is 0. The van der Waals surface area contributed by atoms with Crippen LogP contribution in [-0.2, 0) is 19.5 Å². The van der Waals surface area contributed by atoms with Crippen molar-refractivity contribution >= 4 is 10.0 Å². The lowest BCUT2D eigenvalue weighted by atomic mass is 9.73. The standard InChI is InChI=1S/C16H29NO4S/c1-2-10-22(18,19)17-8-6-15-16(12-17,7-3-9-21-15)13-20-11-14-4-5-14/h14-15H,2-13H2,1H3/t15-,16+/m1/s1. The van der Waals surface area contributed by atoms with E-state index in [2.05, 4.69) is 0 Å². The molecule has 3 fully saturated rings. The van der Waals surface area contributed by atoms with Crippen LogP contribution in [0.4, 0.5) is 0 Å². The van der Waals surface area contributed by atoms with Gasteiger partial charge in [0.1, 0.15) is 0 Å². The molecule has 0 aromatic carbocycles. The normalized spacial score (nSPS) is 33.6. The Bertz CT molecular complexity index is 477. The second-order valence-electron chi connectivity index (χ2n) is 7.22. The van der Waals surface area contributed by atoms with Crippen LogP contribution >= 0.6 is 0 Å². The van der Waals surface area contributed by atoms with Gasteiger partial charge in [-0.05, 0) is 44.4 Å². The molecule has 2 aliphatic heterocycles. The average molecular weight is 331 g/mol. The molecule has 6 heteroatoms. The van der Waals surface area contributed by atoms with Gasteiger partial charge in [0.15, 0.2) is 0 Å². The lowest BCUT2D eigenvalue weighted by Crippen LogP contribution is -2.58. The maximum atomic E-state index is 12.4. The molecule has 0 unspecified atom stereocenters. The minimum Gasteiger partial charge on any atom is -0.380 e. The fraction of sp³-hybridized carbons (Fsp3) is 1.00. The van der Waals surface area contributed by atoms with Gasteiger partial charge in [-0.2, -0.15) is 0 Å². The summed E-state index contributed by atoms with van der Waals surface area (Å²) in [5.41, 5.74) is -0.133. The summed E-state index contributed by atoms with van der Waals surface area (Å²) in [7, 11) is -3.13. The second-order valence-corrected chi connectivity index (χ2v) is 9.31. The van der Waals surface area contributed by atoms with Crippen LogP contribution in [0, 0.1) is 11.3 Å². The molecule has 0 aromatic heterocycles. The molecule has 22 heavy (non-hydrogen) atoms. The van der Waals surface area contributed by atoms with Crippen molar-refractivity contribution in [3.63, 3.8) is 0 Å². The minimum absolute atomic E-state index is 0.133. The molecule has 5 nitrogen and oxygen atoms in total. The first-order valence-corrected chi connectivity index (χ1v) is 10.3. The molecular weight excluding hydrogens is 302 g/mol. The Labute approximate surface area is 134 Å². The molecule has 0 spiro atoms. The van der Waals surface area contributed by atoms with Crippen molar-refractivity contribution in [1.82, 2.24) is 4.31 Å². The van der Waals surface area contributed by atoms with Gasteiger partial charge in [-0.3, -0.25) is 0 Å². The van der Waals surface area contributed by atoms with Gasteiger partial charge >= 0.3 is 0 Å². The van der Waals surface area contributed by atoms with E-state index in [0.29, 0.717) is 26.1 Å². The predicted octanol–water partition coefficient (Wildman–Crippen LogP) is 2.02. The van der Waals surface area contributed by atoms with E-state index >= 15 is 0 Å².